The third-order valence-corrected chi connectivity index (χ3v) is 2.95. The van der Waals surface area contributed by atoms with Crippen molar-refractivity contribution in [2.24, 2.45) is 7.05 Å². The number of aromatic nitrogens is 1. The predicted octanol–water partition coefficient (Wildman–Crippen LogP) is 2.73. The van der Waals surface area contributed by atoms with Crippen LogP contribution in [0.1, 0.15) is 27.8 Å². The van der Waals surface area contributed by atoms with Gasteiger partial charge in [0.25, 0.3) is 0 Å². The molecule has 0 aliphatic rings. The molecule has 1 aromatic heterocycles. The van der Waals surface area contributed by atoms with E-state index >= 15 is 0 Å². The topological polar surface area (TPSA) is 59.3 Å². The van der Waals surface area contributed by atoms with Crippen LogP contribution in [-0.2, 0) is 7.05 Å². The highest BCUT2D eigenvalue weighted by Gasteiger charge is 2.23. The molecule has 0 unspecified atom stereocenters. The molecule has 0 atom stereocenters. The number of hydrogen-bond acceptors (Lipinski definition) is 2. The molecule has 0 spiro atoms. The predicted molar refractivity (Wildman–Crippen MR) is 64.9 cm³/mol. The van der Waals surface area contributed by atoms with Gasteiger partial charge < -0.3 is 9.67 Å². The number of Topliss-reactive ketones (excluding diaryl/α,β-unsaturated/α-hetero) is 1. The van der Waals surface area contributed by atoms with Crippen LogP contribution in [0.3, 0.4) is 0 Å². The fraction of sp³-hybridized carbons (Fsp3) is 0.167. The standard InChI is InChI=1S/C12H10ClNO3/c1-6(15)10-8-4-3-7(13)5-9(8)14(2)11(10)12(16)17/h3-5H,1-2H3,(H,16,17). The summed E-state index contributed by atoms with van der Waals surface area (Å²) in [6.45, 7) is 1.36. The molecule has 0 aliphatic carbocycles. The molecular formula is C12H10ClNO3. The van der Waals surface area contributed by atoms with Crippen LogP contribution in [0.25, 0.3) is 10.9 Å². The second-order valence-corrected chi connectivity index (χ2v) is 4.24. The highest BCUT2D eigenvalue weighted by Crippen LogP contribution is 2.28. The van der Waals surface area contributed by atoms with E-state index in [2.05, 4.69) is 0 Å². The van der Waals surface area contributed by atoms with E-state index in [1.165, 1.54) is 11.5 Å². The van der Waals surface area contributed by atoms with Crippen molar-refractivity contribution in [2.75, 3.05) is 0 Å². The van der Waals surface area contributed by atoms with E-state index in [4.69, 9.17) is 16.7 Å². The van der Waals surface area contributed by atoms with Crippen LogP contribution in [0, 0.1) is 0 Å². The first kappa shape index (κ1) is 11.7. The number of carboxylic acids is 1. The Hall–Kier alpha value is -1.81. The van der Waals surface area contributed by atoms with E-state index in [9.17, 15) is 9.59 Å². The van der Waals surface area contributed by atoms with Crippen molar-refractivity contribution in [1.29, 1.82) is 0 Å². The molecule has 4 nitrogen and oxygen atoms in total. The number of fused-ring (bicyclic) bond motifs is 1. The minimum atomic E-state index is -1.12. The Morgan fingerprint density at radius 3 is 2.53 bits per heavy atom. The highest BCUT2D eigenvalue weighted by molar-refractivity contribution is 6.31. The average Bonchev–Trinajstić information content (AvgIpc) is 2.52. The molecule has 1 aromatic carbocycles. The quantitative estimate of drug-likeness (QED) is 0.835. The lowest BCUT2D eigenvalue weighted by Crippen LogP contribution is -2.09. The van der Waals surface area contributed by atoms with Gasteiger partial charge in [0.2, 0.25) is 0 Å². The minimum absolute atomic E-state index is 0.00485. The number of nitrogens with zero attached hydrogens (tertiary/aromatic N) is 1. The van der Waals surface area contributed by atoms with Crippen LogP contribution in [0.5, 0.6) is 0 Å². The Morgan fingerprint density at radius 1 is 1.35 bits per heavy atom. The van der Waals surface area contributed by atoms with Crippen LogP contribution in [0.2, 0.25) is 5.02 Å². The van der Waals surface area contributed by atoms with Crippen molar-refractivity contribution in [1.82, 2.24) is 4.57 Å². The largest absolute Gasteiger partial charge is 0.477 e. The molecule has 0 aliphatic heterocycles. The van der Waals surface area contributed by atoms with E-state index in [0.717, 1.165) is 0 Å². The van der Waals surface area contributed by atoms with Crippen molar-refractivity contribution in [3.63, 3.8) is 0 Å². The maximum atomic E-state index is 11.6. The third-order valence-electron chi connectivity index (χ3n) is 2.72. The lowest BCUT2D eigenvalue weighted by molar-refractivity contribution is 0.0682. The van der Waals surface area contributed by atoms with Gasteiger partial charge in [0.15, 0.2) is 5.78 Å². The smallest absolute Gasteiger partial charge is 0.353 e. The zero-order valence-electron chi connectivity index (χ0n) is 9.32. The van der Waals surface area contributed by atoms with Gasteiger partial charge in [-0.2, -0.15) is 0 Å². The van der Waals surface area contributed by atoms with Gasteiger partial charge in [-0.3, -0.25) is 4.79 Å². The van der Waals surface area contributed by atoms with E-state index in [-0.39, 0.29) is 17.0 Å². The highest BCUT2D eigenvalue weighted by atomic mass is 35.5. The normalized spacial score (nSPS) is 10.8. The number of aromatic carboxylic acids is 1. The lowest BCUT2D eigenvalue weighted by Gasteiger charge is -1.99. The fourth-order valence-corrected chi connectivity index (χ4v) is 2.18. The average molecular weight is 252 g/mol. The molecule has 88 valence electrons. The molecule has 1 heterocycles. The van der Waals surface area contributed by atoms with Gasteiger partial charge in [-0.15, -0.1) is 0 Å². The molecule has 0 bridgehead atoms. The first-order valence-corrected chi connectivity index (χ1v) is 5.33. The number of ketones is 1. The summed E-state index contributed by atoms with van der Waals surface area (Å²) in [7, 11) is 1.61. The first-order valence-electron chi connectivity index (χ1n) is 4.95. The van der Waals surface area contributed by atoms with Gasteiger partial charge in [-0.25, -0.2) is 4.79 Å². The van der Waals surface area contributed by atoms with Gasteiger partial charge in [0.1, 0.15) is 5.69 Å². The van der Waals surface area contributed by atoms with Crippen molar-refractivity contribution < 1.29 is 14.7 Å². The number of carboxylic acid groups (broad SMARTS) is 1. The van der Waals surface area contributed by atoms with Crippen LogP contribution in [0.15, 0.2) is 18.2 Å². The molecule has 5 heteroatoms. The number of hydrogen-bond donors (Lipinski definition) is 1. The van der Waals surface area contributed by atoms with Crippen LogP contribution < -0.4 is 0 Å². The number of carbonyl (C=O) groups is 2. The number of carbonyl (C=O) groups excluding carboxylic acids is 1. The van der Waals surface area contributed by atoms with Gasteiger partial charge in [-0.05, 0) is 19.1 Å². The van der Waals surface area contributed by atoms with E-state index in [0.29, 0.717) is 15.9 Å². The summed E-state index contributed by atoms with van der Waals surface area (Å²) in [5.74, 6) is -1.39. The Labute approximate surface area is 102 Å². The molecular weight excluding hydrogens is 242 g/mol. The second-order valence-electron chi connectivity index (χ2n) is 3.81. The summed E-state index contributed by atoms with van der Waals surface area (Å²) >= 11 is 5.87. The van der Waals surface area contributed by atoms with Crippen molar-refractivity contribution in [2.45, 2.75) is 6.92 Å². The van der Waals surface area contributed by atoms with Crippen molar-refractivity contribution in [3.8, 4) is 0 Å². The molecule has 0 saturated heterocycles. The zero-order chi connectivity index (χ0) is 12.7. The Kier molecular flexibility index (Phi) is 2.67. The molecule has 2 aromatic rings. The van der Waals surface area contributed by atoms with Crippen molar-refractivity contribution >= 4 is 34.3 Å². The summed E-state index contributed by atoms with van der Waals surface area (Å²) in [5.41, 5.74) is 0.863. The van der Waals surface area contributed by atoms with Gasteiger partial charge in [0.05, 0.1) is 11.1 Å². The second kappa shape index (κ2) is 3.89. The molecule has 0 radical (unpaired) electrons. The number of aryl methyl sites for hydroxylation is 1. The summed E-state index contributed by atoms with van der Waals surface area (Å²) in [6, 6.07) is 4.96. The SMILES string of the molecule is CC(=O)c1c(C(=O)O)n(C)c2cc(Cl)ccc12. The molecule has 0 amide bonds. The molecule has 1 N–H and O–H groups in total. The van der Waals surface area contributed by atoms with Gasteiger partial charge in [0, 0.05) is 17.5 Å². The molecule has 0 saturated carbocycles. The van der Waals surface area contributed by atoms with E-state index < -0.39 is 5.97 Å². The lowest BCUT2D eigenvalue weighted by atomic mass is 10.1. The Morgan fingerprint density at radius 2 is 2.00 bits per heavy atom. The van der Waals surface area contributed by atoms with E-state index in [1.54, 1.807) is 25.2 Å². The summed E-state index contributed by atoms with van der Waals surface area (Å²) < 4.78 is 1.47. The maximum Gasteiger partial charge on any atom is 0.353 e. The van der Waals surface area contributed by atoms with Gasteiger partial charge in [-0.1, -0.05) is 17.7 Å². The van der Waals surface area contributed by atoms with Gasteiger partial charge >= 0.3 is 5.97 Å². The number of rotatable bonds is 2. The Balaban J connectivity index is 2.98. The summed E-state index contributed by atoms with van der Waals surface area (Å²) in [4.78, 5) is 22.8. The third kappa shape index (κ3) is 1.70. The number of benzene rings is 1. The fourth-order valence-electron chi connectivity index (χ4n) is 2.02. The van der Waals surface area contributed by atoms with Crippen LogP contribution in [-0.4, -0.2) is 21.4 Å². The zero-order valence-corrected chi connectivity index (χ0v) is 10.1. The van der Waals surface area contributed by atoms with Crippen molar-refractivity contribution in [3.05, 3.63) is 34.5 Å². The first-order chi connectivity index (χ1) is 7.93. The summed E-state index contributed by atoms with van der Waals surface area (Å²) in [5, 5.41) is 10.3. The number of halogens is 1. The van der Waals surface area contributed by atoms with Crippen LogP contribution >= 0.6 is 11.6 Å². The molecule has 2 rings (SSSR count). The minimum Gasteiger partial charge on any atom is -0.477 e. The Bertz CT molecular complexity index is 643. The molecule has 0 fully saturated rings. The van der Waals surface area contributed by atoms with Crippen LogP contribution in [0.4, 0.5) is 0 Å². The molecule has 17 heavy (non-hydrogen) atoms. The monoisotopic (exact) mass is 251 g/mol. The maximum absolute atomic E-state index is 11.6. The summed E-state index contributed by atoms with van der Waals surface area (Å²) in [6.07, 6.45) is 0. The van der Waals surface area contributed by atoms with E-state index in [1.807, 2.05) is 0 Å².